The molecule has 3 rings (SSSR count). The molecule has 2 aliphatic heterocycles. The first-order valence-electron chi connectivity index (χ1n) is 8.11. The number of nitrogens with zero attached hydrogens (tertiary/aromatic N) is 3. The Morgan fingerprint density at radius 1 is 1.32 bits per heavy atom. The second-order valence-electron chi connectivity index (χ2n) is 6.32. The lowest BCUT2D eigenvalue weighted by molar-refractivity contribution is -0.385. The topological polar surface area (TPSA) is 113 Å². The molecule has 0 radical (unpaired) electrons. The van der Waals surface area contributed by atoms with Crippen molar-refractivity contribution < 1.29 is 23.2 Å². The number of β-amino-alcohol motifs (C(OH)–C–C–N with tert-alkyl or cyclic N) is 1. The van der Waals surface area contributed by atoms with Crippen LogP contribution in [0.1, 0.15) is 13.3 Å². The number of morpholine rings is 1. The van der Waals surface area contributed by atoms with Crippen LogP contribution in [0.5, 0.6) is 0 Å². The number of rotatable bonds is 4. The van der Waals surface area contributed by atoms with Gasteiger partial charge in [-0.25, -0.2) is 8.42 Å². The van der Waals surface area contributed by atoms with Gasteiger partial charge in [0.1, 0.15) is 4.90 Å². The summed E-state index contributed by atoms with van der Waals surface area (Å²) in [5.41, 5.74) is 0.115. The lowest BCUT2D eigenvalue weighted by atomic mass is 10.2. The Labute approximate surface area is 146 Å². The van der Waals surface area contributed by atoms with Crippen LogP contribution < -0.4 is 4.90 Å². The molecule has 138 valence electrons. The Bertz CT molecular complexity index is 763. The molecule has 0 aliphatic carbocycles. The summed E-state index contributed by atoms with van der Waals surface area (Å²) in [6, 6.07) is 3.80. The van der Waals surface area contributed by atoms with Crippen molar-refractivity contribution in [2.24, 2.45) is 0 Å². The van der Waals surface area contributed by atoms with Gasteiger partial charge in [-0.2, -0.15) is 4.31 Å². The van der Waals surface area contributed by atoms with Crippen molar-refractivity contribution in [1.29, 1.82) is 0 Å². The Balaban J connectivity index is 2.08. The number of anilines is 1. The molecule has 2 heterocycles. The summed E-state index contributed by atoms with van der Waals surface area (Å²) in [6.45, 7) is 3.20. The van der Waals surface area contributed by atoms with E-state index in [-0.39, 0.29) is 29.7 Å². The number of benzene rings is 1. The molecule has 0 amide bonds. The van der Waals surface area contributed by atoms with E-state index in [0.29, 0.717) is 31.9 Å². The molecule has 2 aliphatic rings. The van der Waals surface area contributed by atoms with Gasteiger partial charge < -0.3 is 14.7 Å². The van der Waals surface area contributed by atoms with E-state index in [4.69, 9.17) is 4.74 Å². The largest absolute Gasteiger partial charge is 0.391 e. The number of sulfonamides is 1. The van der Waals surface area contributed by atoms with Crippen LogP contribution in [0.4, 0.5) is 11.4 Å². The fourth-order valence-corrected chi connectivity index (χ4v) is 4.95. The van der Waals surface area contributed by atoms with Gasteiger partial charge >= 0.3 is 0 Å². The molecular weight excluding hydrogens is 350 g/mol. The smallest absolute Gasteiger partial charge is 0.270 e. The summed E-state index contributed by atoms with van der Waals surface area (Å²) in [5.74, 6) is 0. The Kier molecular flexibility index (Phi) is 4.96. The zero-order valence-corrected chi connectivity index (χ0v) is 14.7. The highest BCUT2D eigenvalue weighted by Gasteiger charge is 2.35. The highest BCUT2D eigenvalue weighted by Crippen LogP contribution is 2.35. The lowest BCUT2D eigenvalue weighted by Gasteiger charge is -2.30. The first kappa shape index (κ1) is 18.1. The van der Waals surface area contributed by atoms with Gasteiger partial charge in [0.05, 0.1) is 29.9 Å². The summed E-state index contributed by atoms with van der Waals surface area (Å²) in [5, 5.41) is 21.0. The molecule has 0 bridgehead atoms. The molecule has 9 nitrogen and oxygen atoms in total. The molecule has 0 spiro atoms. The molecule has 0 aromatic heterocycles. The molecule has 1 N–H and O–H groups in total. The van der Waals surface area contributed by atoms with Crippen molar-refractivity contribution in [2.45, 2.75) is 30.4 Å². The third-order valence-electron chi connectivity index (χ3n) is 4.60. The van der Waals surface area contributed by atoms with E-state index < -0.39 is 21.1 Å². The standard InChI is InChI=1S/C15H21N3O6S/c1-11-8-13(19)10-17(11)14-3-2-12(18(20)21)9-15(14)25(22,23)16-4-6-24-7-5-16/h2-3,9,11,13,19H,4-8,10H2,1H3/t11-,13-/m0/s1. The Morgan fingerprint density at radius 3 is 2.56 bits per heavy atom. The van der Waals surface area contributed by atoms with Crippen LogP contribution in [0.15, 0.2) is 23.1 Å². The Hall–Kier alpha value is -1.75. The molecule has 0 saturated carbocycles. The van der Waals surface area contributed by atoms with Crippen molar-refractivity contribution in [1.82, 2.24) is 4.31 Å². The van der Waals surface area contributed by atoms with E-state index in [0.717, 1.165) is 6.07 Å². The number of hydrogen-bond acceptors (Lipinski definition) is 7. The van der Waals surface area contributed by atoms with Gasteiger partial charge in [0.15, 0.2) is 0 Å². The molecule has 2 saturated heterocycles. The minimum absolute atomic E-state index is 0.0601. The second kappa shape index (κ2) is 6.87. The number of nitro benzene ring substituents is 1. The number of non-ortho nitro benzene ring substituents is 1. The van der Waals surface area contributed by atoms with E-state index >= 15 is 0 Å². The van der Waals surface area contributed by atoms with E-state index in [1.165, 1.54) is 16.4 Å². The SMILES string of the molecule is C[C@H]1C[C@H](O)CN1c1ccc([N+](=O)[O-])cc1S(=O)(=O)N1CCOCC1. The molecule has 10 heteroatoms. The molecule has 25 heavy (non-hydrogen) atoms. The summed E-state index contributed by atoms with van der Waals surface area (Å²) in [4.78, 5) is 12.2. The van der Waals surface area contributed by atoms with Crippen molar-refractivity contribution in [3.05, 3.63) is 28.3 Å². The van der Waals surface area contributed by atoms with Gasteiger partial charge in [-0.1, -0.05) is 0 Å². The van der Waals surface area contributed by atoms with Crippen molar-refractivity contribution in [2.75, 3.05) is 37.7 Å². The number of aliphatic hydroxyl groups is 1. The van der Waals surface area contributed by atoms with Crippen LogP contribution in [-0.4, -0.2) is 67.7 Å². The minimum atomic E-state index is -3.90. The average Bonchev–Trinajstić information content (AvgIpc) is 2.93. The lowest BCUT2D eigenvalue weighted by Crippen LogP contribution is -2.41. The number of nitro groups is 1. The first-order valence-corrected chi connectivity index (χ1v) is 9.56. The van der Waals surface area contributed by atoms with Crippen LogP contribution in [0.3, 0.4) is 0 Å². The highest BCUT2D eigenvalue weighted by atomic mass is 32.2. The summed E-state index contributed by atoms with van der Waals surface area (Å²) >= 11 is 0. The summed E-state index contributed by atoms with van der Waals surface area (Å²) in [6.07, 6.45) is -0.0299. The third kappa shape index (κ3) is 3.47. The van der Waals surface area contributed by atoms with Crippen molar-refractivity contribution in [3.63, 3.8) is 0 Å². The summed E-state index contributed by atoms with van der Waals surface area (Å²) in [7, 11) is -3.90. The predicted molar refractivity (Wildman–Crippen MR) is 90.1 cm³/mol. The number of ether oxygens (including phenoxy) is 1. The average molecular weight is 371 g/mol. The number of aliphatic hydroxyl groups excluding tert-OH is 1. The van der Waals surface area contributed by atoms with Gasteiger partial charge in [0.2, 0.25) is 10.0 Å². The van der Waals surface area contributed by atoms with Crippen LogP contribution in [0, 0.1) is 10.1 Å². The third-order valence-corrected chi connectivity index (χ3v) is 6.53. The molecule has 1 aromatic rings. The zero-order chi connectivity index (χ0) is 18.2. The van der Waals surface area contributed by atoms with Crippen LogP contribution in [0.25, 0.3) is 0 Å². The molecule has 2 atom stereocenters. The minimum Gasteiger partial charge on any atom is -0.391 e. The Morgan fingerprint density at radius 2 is 2.00 bits per heavy atom. The van der Waals surface area contributed by atoms with Crippen LogP contribution in [-0.2, 0) is 14.8 Å². The van der Waals surface area contributed by atoms with Crippen molar-refractivity contribution in [3.8, 4) is 0 Å². The van der Waals surface area contributed by atoms with Gasteiger partial charge in [-0.15, -0.1) is 0 Å². The van der Waals surface area contributed by atoms with Gasteiger partial charge in [-0.05, 0) is 19.4 Å². The van der Waals surface area contributed by atoms with E-state index in [9.17, 15) is 23.6 Å². The summed E-state index contributed by atoms with van der Waals surface area (Å²) < 4.78 is 32.7. The van der Waals surface area contributed by atoms with E-state index in [1.807, 2.05) is 6.92 Å². The maximum absolute atomic E-state index is 13.1. The van der Waals surface area contributed by atoms with E-state index in [1.54, 1.807) is 4.90 Å². The first-order chi connectivity index (χ1) is 11.8. The molecular formula is C15H21N3O6S. The quantitative estimate of drug-likeness (QED) is 0.608. The van der Waals surface area contributed by atoms with Crippen LogP contribution in [0.2, 0.25) is 0 Å². The normalized spacial score (nSPS) is 25.3. The monoisotopic (exact) mass is 371 g/mol. The molecule has 1 aromatic carbocycles. The zero-order valence-electron chi connectivity index (χ0n) is 13.9. The van der Waals surface area contributed by atoms with Gasteiger partial charge in [0, 0.05) is 37.8 Å². The van der Waals surface area contributed by atoms with Crippen LogP contribution >= 0.6 is 0 Å². The van der Waals surface area contributed by atoms with Crippen molar-refractivity contribution >= 4 is 21.4 Å². The number of hydrogen-bond donors (Lipinski definition) is 1. The molecule has 0 unspecified atom stereocenters. The maximum Gasteiger partial charge on any atom is 0.270 e. The fourth-order valence-electron chi connectivity index (χ4n) is 3.32. The van der Waals surface area contributed by atoms with Gasteiger partial charge in [0.25, 0.3) is 5.69 Å². The fraction of sp³-hybridized carbons (Fsp3) is 0.600. The highest BCUT2D eigenvalue weighted by molar-refractivity contribution is 7.89. The second-order valence-corrected chi connectivity index (χ2v) is 8.22. The maximum atomic E-state index is 13.1. The van der Waals surface area contributed by atoms with Gasteiger partial charge in [-0.3, -0.25) is 10.1 Å². The van der Waals surface area contributed by atoms with E-state index in [2.05, 4.69) is 0 Å². The molecule has 2 fully saturated rings. The predicted octanol–water partition coefficient (Wildman–Crippen LogP) is 0.575.